The van der Waals surface area contributed by atoms with Crippen LogP contribution in [0.1, 0.15) is 27.0 Å². The number of aromatic amines is 1. The van der Waals surface area contributed by atoms with Crippen LogP contribution in [0.15, 0.2) is 41.3 Å². The molecule has 0 atom stereocenters. The first-order valence-electron chi connectivity index (χ1n) is 6.77. The van der Waals surface area contributed by atoms with E-state index in [4.69, 9.17) is 5.11 Å². The van der Waals surface area contributed by atoms with Crippen molar-refractivity contribution >= 4 is 5.91 Å². The summed E-state index contributed by atoms with van der Waals surface area (Å²) < 4.78 is 0. The van der Waals surface area contributed by atoms with Crippen LogP contribution < -0.4 is 10.9 Å². The van der Waals surface area contributed by atoms with Gasteiger partial charge < -0.3 is 15.4 Å². The molecule has 1 aromatic heterocycles. The van der Waals surface area contributed by atoms with Crippen LogP contribution in [0.2, 0.25) is 0 Å². The molecular weight excluding hydrogens is 268 g/mol. The number of carbonyl (C=O) groups is 1. The van der Waals surface area contributed by atoms with Crippen LogP contribution in [0.3, 0.4) is 0 Å². The summed E-state index contributed by atoms with van der Waals surface area (Å²) in [6.07, 6.45) is 2.19. The summed E-state index contributed by atoms with van der Waals surface area (Å²) >= 11 is 0. The van der Waals surface area contributed by atoms with E-state index in [-0.39, 0.29) is 23.6 Å². The van der Waals surface area contributed by atoms with Gasteiger partial charge in [-0.3, -0.25) is 9.59 Å². The number of amides is 1. The van der Waals surface area contributed by atoms with Crippen molar-refractivity contribution in [2.24, 2.45) is 0 Å². The highest BCUT2D eigenvalue weighted by molar-refractivity contribution is 5.95. The second-order valence-electron chi connectivity index (χ2n) is 4.85. The van der Waals surface area contributed by atoms with Crippen molar-refractivity contribution in [2.75, 3.05) is 6.54 Å². The highest BCUT2D eigenvalue weighted by atomic mass is 16.3. The topological polar surface area (TPSA) is 82.2 Å². The first kappa shape index (κ1) is 15.0. The summed E-state index contributed by atoms with van der Waals surface area (Å²) in [5, 5.41) is 11.7. The molecule has 0 bridgehead atoms. The summed E-state index contributed by atoms with van der Waals surface area (Å²) in [6.45, 7) is 2.20. The maximum absolute atomic E-state index is 12.0. The standard InChI is InChI=1S/C16H18N2O3/c1-11-6-8-17-15(20)14(11)16(21)18-9-7-12-2-4-13(10-19)5-3-12/h2-6,8,19H,7,9-10H2,1H3,(H,17,20)(H,18,21). The number of H-pyrrole nitrogens is 1. The fraction of sp³-hybridized carbons (Fsp3) is 0.250. The molecule has 2 rings (SSSR count). The molecular formula is C16H18N2O3. The fourth-order valence-corrected chi connectivity index (χ4v) is 2.08. The zero-order chi connectivity index (χ0) is 15.2. The Labute approximate surface area is 122 Å². The lowest BCUT2D eigenvalue weighted by molar-refractivity contribution is 0.0952. The van der Waals surface area contributed by atoms with Crippen LogP contribution in [-0.2, 0) is 13.0 Å². The van der Waals surface area contributed by atoms with E-state index in [1.165, 1.54) is 6.20 Å². The normalized spacial score (nSPS) is 10.4. The van der Waals surface area contributed by atoms with E-state index in [9.17, 15) is 9.59 Å². The molecule has 0 unspecified atom stereocenters. The molecule has 0 aliphatic rings. The monoisotopic (exact) mass is 286 g/mol. The fourth-order valence-electron chi connectivity index (χ4n) is 2.08. The number of aliphatic hydroxyl groups is 1. The first-order valence-corrected chi connectivity index (χ1v) is 6.77. The highest BCUT2D eigenvalue weighted by Crippen LogP contribution is 2.05. The number of aliphatic hydroxyl groups excluding tert-OH is 1. The van der Waals surface area contributed by atoms with Crippen LogP contribution in [-0.4, -0.2) is 22.5 Å². The van der Waals surface area contributed by atoms with Crippen molar-refractivity contribution in [2.45, 2.75) is 20.0 Å². The van der Waals surface area contributed by atoms with Crippen molar-refractivity contribution in [1.82, 2.24) is 10.3 Å². The highest BCUT2D eigenvalue weighted by Gasteiger charge is 2.12. The van der Waals surface area contributed by atoms with E-state index in [2.05, 4.69) is 10.3 Å². The molecule has 3 N–H and O–H groups in total. The van der Waals surface area contributed by atoms with Crippen molar-refractivity contribution in [3.63, 3.8) is 0 Å². The number of pyridine rings is 1. The van der Waals surface area contributed by atoms with Crippen LogP contribution >= 0.6 is 0 Å². The Bertz CT molecular complexity index is 675. The van der Waals surface area contributed by atoms with E-state index in [1.807, 2.05) is 24.3 Å². The van der Waals surface area contributed by atoms with Crippen molar-refractivity contribution in [3.8, 4) is 0 Å². The second-order valence-corrected chi connectivity index (χ2v) is 4.85. The maximum Gasteiger partial charge on any atom is 0.261 e. The quantitative estimate of drug-likeness (QED) is 0.771. The van der Waals surface area contributed by atoms with Gasteiger partial charge in [0.2, 0.25) is 0 Å². The number of hydrogen-bond donors (Lipinski definition) is 3. The number of aromatic nitrogens is 1. The average molecular weight is 286 g/mol. The SMILES string of the molecule is Cc1cc[nH]c(=O)c1C(=O)NCCc1ccc(CO)cc1. The number of nitrogens with one attached hydrogen (secondary N) is 2. The molecule has 21 heavy (non-hydrogen) atoms. The third-order valence-electron chi connectivity index (χ3n) is 3.30. The van der Waals surface area contributed by atoms with Gasteiger partial charge in [-0.25, -0.2) is 0 Å². The summed E-state index contributed by atoms with van der Waals surface area (Å²) in [6, 6.07) is 9.23. The van der Waals surface area contributed by atoms with Gasteiger partial charge in [-0.1, -0.05) is 24.3 Å². The molecule has 1 aromatic carbocycles. The smallest absolute Gasteiger partial charge is 0.261 e. The summed E-state index contributed by atoms with van der Waals surface area (Å²) in [5.41, 5.74) is 2.36. The van der Waals surface area contributed by atoms with E-state index in [1.54, 1.807) is 13.0 Å². The molecule has 0 spiro atoms. The van der Waals surface area contributed by atoms with Gasteiger partial charge in [0.15, 0.2) is 0 Å². The molecule has 110 valence electrons. The number of aryl methyl sites for hydroxylation is 1. The Kier molecular flexibility index (Phi) is 4.90. The lowest BCUT2D eigenvalue weighted by Gasteiger charge is -2.07. The zero-order valence-corrected chi connectivity index (χ0v) is 11.8. The number of benzene rings is 1. The molecule has 1 heterocycles. The minimum atomic E-state index is -0.375. The van der Waals surface area contributed by atoms with Gasteiger partial charge in [-0.2, -0.15) is 0 Å². The number of rotatable bonds is 5. The van der Waals surface area contributed by atoms with Gasteiger partial charge >= 0.3 is 0 Å². The Morgan fingerprint density at radius 2 is 1.86 bits per heavy atom. The molecule has 0 fully saturated rings. The van der Waals surface area contributed by atoms with Gasteiger partial charge in [-0.15, -0.1) is 0 Å². The third-order valence-corrected chi connectivity index (χ3v) is 3.30. The molecule has 5 nitrogen and oxygen atoms in total. The summed E-state index contributed by atoms with van der Waals surface area (Å²) in [4.78, 5) is 26.2. The van der Waals surface area contributed by atoms with Crippen LogP contribution in [0.4, 0.5) is 0 Å². The van der Waals surface area contributed by atoms with Crippen LogP contribution in [0.25, 0.3) is 0 Å². The second kappa shape index (κ2) is 6.85. The maximum atomic E-state index is 12.0. The molecule has 0 saturated heterocycles. The third kappa shape index (κ3) is 3.79. The van der Waals surface area contributed by atoms with Gasteiger partial charge in [0.25, 0.3) is 11.5 Å². The average Bonchev–Trinajstić information content (AvgIpc) is 2.48. The minimum absolute atomic E-state index is 0.0209. The Hall–Kier alpha value is -2.40. The lowest BCUT2D eigenvalue weighted by Crippen LogP contribution is -2.31. The van der Waals surface area contributed by atoms with E-state index in [0.29, 0.717) is 18.5 Å². The molecule has 5 heteroatoms. The first-order chi connectivity index (χ1) is 10.1. The predicted molar refractivity (Wildman–Crippen MR) is 80.2 cm³/mol. The molecule has 0 radical (unpaired) electrons. The van der Waals surface area contributed by atoms with Crippen molar-refractivity contribution in [3.05, 3.63) is 69.1 Å². The molecule has 0 aliphatic heterocycles. The summed E-state index contributed by atoms with van der Waals surface area (Å²) in [7, 11) is 0. The predicted octanol–water partition coefficient (Wildman–Crippen LogP) is 1.15. The van der Waals surface area contributed by atoms with E-state index >= 15 is 0 Å². The molecule has 1 amide bonds. The minimum Gasteiger partial charge on any atom is -0.392 e. The Morgan fingerprint density at radius 3 is 2.48 bits per heavy atom. The summed E-state index contributed by atoms with van der Waals surface area (Å²) in [5.74, 6) is -0.360. The number of hydrogen-bond acceptors (Lipinski definition) is 3. The van der Waals surface area contributed by atoms with E-state index < -0.39 is 0 Å². The van der Waals surface area contributed by atoms with Gasteiger partial charge in [0.05, 0.1) is 6.61 Å². The van der Waals surface area contributed by atoms with Gasteiger partial charge in [0, 0.05) is 12.7 Å². The molecule has 0 aliphatic carbocycles. The van der Waals surface area contributed by atoms with Crippen LogP contribution in [0, 0.1) is 6.92 Å². The van der Waals surface area contributed by atoms with Crippen molar-refractivity contribution < 1.29 is 9.90 Å². The Morgan fingerprint density at radius 1 is 1.19 bits per heavy atom. The van der Waals surface area contributed by atoms with Crippen LogP contribution in [0.5, 0.6) is 0 Å². The van der Waals surface area contributed by atoms with Gasteiger partial charge in [-0.05, 0) is 36.1 Å². The molecule has 2 aromatic rings. The largest absolute Gasteiger partial charge is 0.392 e. The van der Waals surface area contributed by atoms with Crippen molar-refractivity contribution in [1.29, 1.82) is 0 Å². The molecule has 0 saturated carbocycles. The lowest BCUT2D eigenvalue weighted by atomic mass is 10.1. The van der Waals surface area contributed by atoms with E-state index in [0.717, 1.165) is 11.1 Å². The Balaban J connectivity index is 1.93. The zero-order valence-electron chi connectivity index (χ0n) is 11.8. The number of carbonyl (C=O) groups excluding carboxylic acids is 1. The van der Waals surface area contributed by atoms with Gasteiger partial charge in [0.1, 0.15) is 5.56 Å².